The molecule has 3 heterocycles. The number of fused-ring (bicyclic) bond motifs is 1. The highest BCUT2D eigenvalue weighted by Crippen LogP contribution is 2.31. The quantitative estimate of drug-likeness (QED) is 0.382. The highest BCUT2D eigenvalue weighted by molar-refractivity contribution is 5.91. The van der Waals surface area contributed by atoms with Crippen molar-refractivity contribution in [3.8, 4) is 17.1 Å². The summed E-state index contributed by atoms with van der Waals surface area (Å²) in [7, 11) is 0. The van der Waals surface area contributed by atoms with Gasteiger partial charge in [-0.25, -0.2) is 14.1 Å². The Kier molecular flexibility index (Phi) is 5.68. The zero-order valence-electron chi connectivity index (χ0n) is 17.8. The Morgan fingerprint density at radius 3 is 2.73 bits per heavy atom. The van der Waals surface area contributed by atoms with Gasteiger partial charge in [0.1, 0.15) is 5.82 Å². The summed E-state index contributed by atoms with van der Waals surface area (Å²) in [6.45, 7) is 0.343. The van der Waals surface area contributed by atoms with E-state index in [-0.39, 0.29) is 18.1 Å². The molecular weight excluding hydrogens is 417 g/mol. The third-order valence-corrected chi connectivity index (χ3v) is 5.60. The Bertz CT molecular complexity index is 1390. The first kappa shape index (κ1) is 20.6. The number of halogens is 1. The molecule has 0 atom stereocenters. The summed E-state index contributed by atoms with van der Waals surface area (Å²) < 4.78 is 15.7. The van der Waals surface area contributed by atoms with Crippen LogP contribution in [0.15, 0.2) is 85.3 Å². The minimum atomic E-state index is -0.297. The third-order valence-electron chi connectivity index (χ3n) is 5.60. The lowest BCUT2D eigenvalue weighted by Crippen LogP contribution is -2.24. The molecule has 1 amide bonds. The van der Waals surface area contributed by atoms with Crippen molar-refractivity contribution >= 4 is 16.8 Å². The molecule has 5 aromatic rings. The Balaban J connectivity index is 1.33. The summed E-state index contributed by atoms with van der Waals surface area (Å²) in [5.74, 6) is 0.297. The van der Waals surface area contributed by atoms with Gasteiger partial charge in [0.05, 0.1) is 0 Å². The van der Waals surface area contributed by atoms with E-state index in [9.17, 15) is 9.18 Å². The van der Waals surface area contributed by atoms with Crippen LogP contribution in [0.1, 0.15) is 17.5 Å². The number of hydrogen-bond donors (Lipinski definition) is 2. The molecule has 2 N–H and O–H groups in total. The van der Waals surface area contributed by atoms with E-state index in [1.807, 2.05) is 54.7 Å². The average molecular weight is 439 g/mol. The third kappa shape index (κ3) is 4.39. The number of hydrogen-bond acceptors (Lipinski definition) is 3. The number of aromatic nitrogens is 4. The van der Waals surface area contributed by atoms with Crippen LogP contribution in [0.4, 0.5) is 4.39 Å². The number of carbonyl (C=O) groups excluding carboxylic acids is 1. The molecule has 0 bridgehead atoms. The van der Waals surface area contributed by atoms with Crippen LogP contribution in [0.3, 0.4) is 0 Å². The molecular formula is C26H22FN5O. The van der Waals surface area contributed by atoms with Gasteiger partial charge in [-0.15, -0.1) is 0 Å². The van der Waals surface area contributed by atoms with Crippen molar-refractivity contribution in [1.82, 2.24) is 25.1 Å². The Labute approximate surface area is 190 Å². The largest absolute Gasteiger partial charge is 0.354 e. The molecule has 2 aromatic carbocycles. The molecule has 0 fully saturated rings. The lowest BCUT2D eigenvalue weighted by molar-refractivity contribution is -0.121. The molecule has 3 aromatic heterocycles. The smallest absolute Gasteiger partial charge is 0.220 e. The first-order valence-corrected chi connectivity index (χ1v) is 10.7. The van der Waals surface area contributed by atoms with E-state index in [2.05, 4.69) is 20.4 Å². The fourth-order valence-electron chi connectivity index (χ4n) is 4.02. The van der Waals surface area contributed by atoms with Crippen molar-refractivity contribution in [1.29, 1.82) is 0 Å². The SMILES string of the molecule is O=C(CCc1c(-c2ccccc2)[nH]c2ccc(F)cc12)NCc1cccnc1-n1cccn1. The molecule has 0 radical (unpaired) electrons. The van der Waals surface area contributed by atoms with Gasteiger partial charge in [0.25, 0.3) is 0 Å². The summed E-state index contributed by atoms with van der Waals surface area (Å²) in [5, 5.41) is 8.01. The number of carbonyl (C=O) groups is 1. The van der Waals surface area contributed by atoms with E-state index in [4.69, 9.17) is 0 Å². The van der Waals surface area contributed by atoms with Gasteiger partial charge in [-0.2, -0.15) is 5.10 Å². The van der Waals surface area contributed by atoms with Crippen molar-refractivity contribution in [2.45, 2.75) is 19.4 Å². The molecule has 0 aliphatic heterocycles. The zero-order valence-corrected chi connectivity index (χ0v) is 17.8. The second-order valence-corrected chi connectivity index (χ2v) is 7.75. The minimum Gasteiger partial charge on any atom is -0.354 e. The van der Waals surface area contributed by atoms with E-state index in [0.29, 0.717) is 18.8 Å². The summed E-state index contributed by atoms with van der Waals surface area (Å²) in [5.41, 5.74) is 4.57. The van der Waals surface area contributed by atoms with Crippen LogP contribution in [-0.2, 0) is 17.8 Å². The summed E-state index contributed by atoms with van der Waals surface area (Å²) in [6.07, 6.45) is 5.96. The first-order valence-electron chi connectivity index (χ1n) is 10.7. The molecule has 0 saturated carbocycles. The second-order valence-electron chi connectivity index (χ2n) is 7.75. The number of H-pyrrole nitrogens is 1. The number of amides is 1. The first-order chi connectivity index (χ1) is 16.2. The highest BCUT2D eigenvalue weighted by Gasteiger charge is 2.16. The number of nitrogens with one attached hydrogen (secondary N) is 2. The Morgan fingerprint density at radius 1 is 1.03 bits per heavy atom. The van der Waals surface area contributed by atoms with Gasteiger partial charge in [-0.05, 0) is 47.9 Å². The number of rotatable bonds is 7. The summed E-state index contributed by atoms with van der Waals surface area (Å²) in [4.78, 5) is 20.5. The standard InChI is InChI=1S/C26H22FN5O/c27-20-9-11-23-22(16-20)21(25(31-23)18-6-2-1-3-7-18)10-12-24(33)29-17-19-8-4-13-28-26(19)32-15-5-14-30-32/h1-9,11,13-16,31H,10,12,17H2,(H,29,33). The normalized spacial score (nSPS) is 11.1. The molecule has 6 nitrogen and oxygen atoms in total. The predicted octanol–water partition coefficient (Wildman–Crippen LogP) is 4.80. The van der Waals surface area contributed by atoms with E-state index in [1.165, 1.54) is 12.1 Å². The fourth-order valence-corrected chi connectivity index (χ4v) is 4.02. The molecule has 0 unspecified atom stereocenters. The lowest BCUT2D eigenvalue weighted by atomic mass is 10.0. The van der Waals surface area contributed by atoms with Crippen LogP contribution in [0.5, 0.6) is 0 Å². The molecule has 0 aliphatic carbocycles. The van der Waals surface area contributed by atoms with Gasteiger partial charge >= 0.3 is 0 Å². The van der Waals surface area contributed by atoms with E-state index < -0.39 is 0 Å². The molecule has 0 spiro atoms. The molecule has 7 heteroatoms. The average Bonchev–Trinajstić information content (AvgIpc) is 3.50. The van der Waals surface area contributed by atoms with Crippen LogP contribution < -0.4 is 5.32 Å². The predicted molar refractivity (Wildman–Crippen MR) is 125 cm³/mol. The van der Waals surface area contributed by atoms with Crippen LogP contribution in [0.25, 0.3) is 28.0 Å². The minimum absolute atomic E-state index is 0.0879. The zero-order chi connectivity index (χ0) is 22.6. The van der Waals surface area contributed by atoms with Gasteiger partial charge in [0, 0.05) is 53.7 Å². The van der Waals surface area contributed by atoms with Crippen molar-refractivity contribution in [3.63, 3.8) is 0 Å². The van der Waals surface area contributed by atoms with Gasteiger partial charge in [0.15, 0.2) is 5.82 Å². The van der Waals surface area contributed by atoms with Crippen LogP contribution >= 0.6 is 0 Å². The summed E-state index contributed by atoms with van der Waals surface area (Å²) >= 11 is 0. The molecule has 164 valence electrons. The number of pyridine rings is 1. The van der Waals surface area contributed by atoms with Gasteiger partial charge in [-0.1, -0.05) is 36.4 Å². The summed E-state index contributed by atoms with van der Waals surface area (Å²) in [6, 6.07) is 20.2. The molecule has 33 heavy (non-hydrogen) atoms. The van der Waals surface area contributed by atoms with Crippen molar-refractivity contribution in [2.24, 2.45) is 0 Å². The number of benzene rings is 2. The lowest BCUT2D eigenvalue weighted by Gasteiger charge is -2.10. The topological polar surface area (TPSA) is 75.6 Å². The molecule has 0 aliphatic rings. The molecule has 0 saturated heterocycles. The number of aromatic amines is 1. The number of aryl methyl sites for hydroxylation is 1. The van der Waals surface area contributed by atoms with Crippen molar-refractivity contribution in [3.05, 3.63) is 102 Å². The Hall–Kier alpha value is -4.26. The van der Waals surface area contributed by atoms with Crippen LogP contribution in [-0.4, -0.2) is 25.7 Å². The van der Waals surface area contributed by atoms with Crippen LogP contribution in [0, 0.1) is 5.82 Å². The second kappa shape index (κ2) is 9.08. The number of nitrogens with zero attached hydrogens (tertiary/aromatic N) is 3. The fraction of sp³-hybridized carbons (Fsp3) is 0.115. The monoisotopic (exact) mass is 439 g/mol. The maximum Gasteiger partial charge on any atom is 0.220 e. The highest BCUT2D eigenvalue weighted by atomic mass is 19.1. The van der Waals surface area contributed by atoms with Crippen molar-refractivity contribution < 1.29 is 9.18 Å². The van der Waals surface area contributed by atoms with E-state index in [1.54, 1.807) is 23.1 Å². The van der Waals surface area contributed by atoms with E-state index in [0.717, 1.165) is 33.3 Å². The van der Waals surface area contributed by atoms with Gasteiger partial charge in [0.2, 0.25) is 5.91 Å². The maximum absolute atomic E-state index is 14.0. The van der Waals surface area contributed by atoms with Gasteiger partial charge < -0.3 is 10.3 Å². The Morgan fingerprint density at radius 2 is 1.91 bits per heavy atom. The van der Waals surface area contributed by atoms with Gasteiger partial charge in [-0.3, -0.25) is 4.79 Å². The maximum atomic E-state index is 14.0. The van der Waals surface area contributed by atoms with Crippen molar-refractivity contribution in [2.75, 3.05) is 0 Å². The van der Waals surface area contributed by atoms with Crippen LogP contribution in [0.2, 0.25) is 0 Å². The molecule has 5 rings (SSSR count). The van der Waals surface area contributed by atoms with E-state index >= 15 is 0 Å².